The number of fused-ring (bicyclic) bond motifs is 1. The highest BCUT2D eigenvalue weighted by Crippen LogP contribution is 2.26. The summed E-state index contributed by atoms with van der Waals surface area (Å²) in [6, 6.07) is 16.8. The molecule has 4 rings (SSSR count). The fourth-order valence-corrected chi connectivity index (χ4v) is 3.00. The van der Waals surface area contributed by atoms with Gasteiger partial charge in [0, 0.05) is 21.1 Å². The number of halogens is 2. The SMILES string of the molecule is O=c1cc(-c2ccc(Cl)cc2)[nH]c2c(-c3ccc(Br)cc3)cnn12. The largest absolute Gasteiger partial charge is 0.339 e. The van der Waals surface area contributed by atoms with Crippen molar-refractivity contribution in [1.29, 1.82) is 0 Å². The Morgan fingerprint density at radius 3 is 2.38 bits per heavy atom. The lowest BCUT2D eigenvalue weighted by Gasteiger charge is -2.05. The van der Waals surface area contributed by atoms with E-state index in [4.69, 9.17) is 11.6 Å². The number of hydrogen-bond acceptors (Lipinski definition) is 2. The molecular formula is C18H11BrClN3O. The molecule has 0 bridgehead atoms. The molecule has 0 atom stereocenters. The molecule has 0 amide bonds. The second-order valence-electron chi connectivity index (χ2n) is 5.35. The first-order chi connectivity index (χ1) is 11.6. The third kappa shape index (κ3) is 2.66. The fourth-order valence-electron chi connectivity index (χ4n) is 2.61. The van der Waals surface area contributed by atoms with Gasteiger partial charge in [-0.1, -0.05) is 51.8 Å². The second-order valence-corrected chi connectivity index (χ2v) is 6.71. The normalized spacial score (nSPS) is 11.1. The predicted molar refractivity (Wildman–Crippen MR) is 99.4 cm³/mol. The van der Waals surface area contributed by atoms with E-state index in [-0.39, 0.29) is 5.56 Å². The van der Waals surface area contributed by atoms with E-state index in [0.29, 0.717) is 10.7 Å². The van der Waals surface area contributed by atoms with Crippen molar-refractivity contribution in [2.45, 2.75) is 0 Å². The molecule has 6 heteroatoms. The third-order valence-corrected chi connectivity index (χ3v) is 4.59. The Morgan fingerprint density at radius 1 is 1.00 bits per heavy atom. The Labute approximate surface area is 150 Å². The van der Waals surface area contributed by atoms with E-state index in [1.165, 1.54) is 10.6 Å². The molecule has 2 aromatic heterocycles. The highest BCUT2D eigenvalue weighted by molar-refractivity contribution is 9.10. The number of nitrogens with one attached hydrogen (secondary N) is 1. The zero-order valence-corrected chi connectivity index (χ0v) is 14.7. The minimum Gasteiger partial charge on any atom is -0.339 e. The average molecular weight is 401 g/mol. The highest BCUT2D eigenvalue weighted by Gasteiger charge is 2.11. The Morgan fingerprint density at radius 2 is 1.67 bits per heavy atom. The molecule has 2 aromatic carbocycles. The molecule has 0 fully saturated rings. The smallest absolute Gasteiger partial charge is 0.274 e. The van der Waals surface area contributed by atoms with Crippen LogP contribution in [0.1, 0.15) is 0 Å². The summed E-state index contributed by atoms with van der Waals surface area (Å²) in [6.45, 7) is 0. The third-order valence-electron chi connectivity index (χ3n) is 3.81. The minimum atomic E-state index is -0.183. The van der Waals surface area contributed by atoms with E-state index in [1.807, 2.05) is 36.4 Å². The van der Waals surface area contributed by atoms with E-state index in [9.17, 15) is 4.79 Å². The van der Waals surface area contributed by atoms with E-state index >= 15 is 0 Å². The van der Waals surface area contributed by atoms with Crippen LogP contribution in [-0.4, -0.2) is 14.6 Å². The first-order valence-corrected chi connectivity index (χ1v) is 8.42. The van der Waals surface area contributed by atoms with Crippen molar-refractivity contribution >= 4 is 33.2 Å². The summed E-state index contributed by atoms with van der Waals surface area (Å²) < 4.78 is 2.37. The molecule has 4 nitrogen and oxygen atoms in total. The molecule has 24 heavy (non-hydrogen) atoms. The Hall–Kier alpha value is -2.37. The van der Waals surface area contributed by atoms with Gasteiger partial charge in [0.2, 0.25) is 0 Å². The molecule has 118 valence electrons. The maximum absolute atomic E-state index is 12.4. The van der Waals surface area contributed by atoms with Crippen molar-refractivity contribution in [3.05, 3.63) is 80.6 Å². The number of benzene rings is 2. The summed E-state index contributed by atoms with van der Waals surface area (Å²) in [5.41, 5.74) is 3.95. The highest BCUT2D eigenvalue weighted by atomic mass is 79.9. The molecule has 0 saturated carbocycles. The summed E-state index contributed by atoms with van der Waals surface area (Å²) in [5, 5.41) is 4.86. The van der Waals surface area contributed by atoms with Gasteiger partial charge in [-0.2, -0.15) is 9.61 Å². The Kier molecular flexibility index (Phi) is 3.75. The molecular weight excluding hydrogens is 390 g/mol. The summed E-state index contributed by atoms with van der Waals surface area (Å²) in [6.07, 6.45) is 1.70. The van der Waals surface area contributed by atoms with Crippen LogP contribution in [0.3, 0.4) is 0 Å². The molecule has 2 heterocycles. The van der Waals surface area contributed by atoms with Gasteiger partial charge >= 0.3 is 0 Å². The molecule has 0 saturated heterocycles. The zero-order chi connectivity index (χ0) is 16.7. The zero-order valence-electron chi connectivity index (χ0n) is 12.3. The van der Waals surface area contributed by atoms with Crippen molar-refractivity contribution in [3.8, 4) is 22.4 Å². The van der Waals surface area contributed by atoms with E-state index in [0.717, 1.165) is 26.9 Å². The standard InChI is InChI=1S/C18H11BrClN3O/c19-13-5-1-11(2-6-13)15-10-21-23-17(24)9-16(22-18(15)23)12-3-7-14(20)8-4-12/h1-10,22H. The number of aromatic amines is 1. The first kappa shape index (κ1) is 15.2. The fraction of sp³-hybridized carbons (Fsp3) is 0. The second kappa shape index (κ2) is 5.92. The van der Waals surface area contributed by atoms with Crippen molar-refractivity contribution in [2.75, 3.05) is 0 Å². The van der Waals surface area contributed by atoms with Crippen LogP contribution >= 0.6 is 27.5 Å². The van der Waals surface area contributed by atoms with Gasteiger partial charge < -0.3 is 4.98 Å². The van der Waals surface area contributed by atoms with Gasteiger partial charge in [0.15, 0.2) is 0 Å². The van der Waals surface area contributed by atoms with Gasteiger partial charge in [-0.3, -0.25) is 4.79 Å². The van der Waals surface area contributed by atoms with Crippen LogP contribution in [0.4, 0.5) is 0 Å². The summed E-state index contributed by atoms with van der Waals surface area (Å²) in [5.74, 6) is 0. The first-order valence-electron chi connectivity index (χ1n) is 7.25. The van der Waals surface area contributed by atoms with Crippen LogP contribution < -0.4 is 5.56 Å². The van der Waals surface area contributed by atoms with Gasteiger partial charge in [0.05, 0.1) is 11.9 Å². The van der Waals surface area contributed by atoms with E-state index < -0.39 is 0 Å². The lowest BCUT2D eigenvalue weighted by molar-refractivity contribution is 0.901. The van der Waals surface area contributed by atoms with Crippen LogP contribution in [0.25, 0.3) is 28.0 Å². The predicted octanol–water partition coefficient (Wildman–Crippen LogP) is 4.77. The summed E-state index contributed by atoms with van der Waals surface area (Å²) in [7, 11) is 0. The molecule has 0 spiro atoms. The number of aromatic nitrogens is 3. The monoisotopic (exact) mass is 399 g/mol. The van der Waals surface area contributed by atoms with E-state index in [1.54, 1.807) is 18.3 Å². The van der Waals surface area contributed by atoms with Gasteiger partial charge in [-0.05, 0) is 35.4 Å². The molecule has 0 radical (unpaired) electrons. The summed E-state index contributed by atoms with van der Waals surface area (Å²) >= 11 is 9.36. The molecule has 0 aliphatic heterocycles. The maximum atomic E-state index is 12.4. The topological polar surface area (TPSA) is 50.2 Å². The maximum Gasteiger partial charge on any atom is 0.274 e. The molecule has 0 unspecified atom stereocenters. The lowest BCUT2D eigenvalue weighted by atomic mass is 10.1. The van der Waals surface area contributed by atoms with Crippen molar-refractivity contribution in [1.82, 2.24) is 14.6 Å². The van der Waals surface area contributed by atoms with Gasteiger partial charge in [0.25, 0.3) is 5.56 Å². The Bertz CT molecular complexity index is 1080. The quantitative estimate of drug-likeness (QED) is 0.527. The molecule has 1 N–H and O–H groups in total. The molecule has 0 aliphatic carbocycles. The lowest BCUT2D eigenvalue weighted by Crippen LogP contribution is -2.14. The number of H-pyrrole nitrogens is 1. The minimum absolute atomic E-state index is 0.183. The van der Waals surface area contributed by atoms with Gasteiger partial charge in [-0.25, -0.2) is 0 Å². The number of nitrogens with zero attached hydrogens (tertiary/aromatic N) is 2. The summed E-state index contributed by atoms with van der Waals surface area (Å²) in [4.78, 5) is 15.7. The van der Waals surface area contributed by atoms with Crippen molar-refractivity contribution in [3.63, 3.8) is 0 Å². The van der Waals surface area contributed by atoms with Crippen LogP contribution in [0.15, 0.2) is 70.1 Å². The average Bonchev–Trinajstić information content (AvgIpc) is 3.01. The van der Waals surface area contributed by atoms with Crippen molar-refractivity contribution in [2.24, 2.45) is 0 Å². The van der Waals surface area contributed by atoms with Crippen molar-refractivity contribution < 1.29 is 0 Å². The van der Waals surface area contributed by atoms with E-state index in [2.05, 4.69) is 26.0 Å². The molecule has 0 aliphatic rings. The number of rotatable bonds is 2. The molecule has 4 aromatic rings. The number of hydrogen-bond donors (Lipinski definition) is 1. The van der Waals surface area contributed by atoms with Crippen LogP contribution in [0, 0.1) is 0 Å². The van der Waals surface area contributed by atoms with Crippen LogP contribution in [0.2, 0.25) is 5.02 Å². The van der Waals surface area contributed by atoms with Crippen LogP contribution in [0.5, 0.6) is 0 Å². The van der Waals surface area contributed by atoms with Crippen LogP contribution in [-0.2, 0) is 0 Å². The van der Waals surface area contributed by atoms with Gasteiger partial charge in [-0.15, -0.1) is 0 Å². The van der Waals surface area contributed by atoms with Gasteiger partial charge in [0.1, 0.15) is 5.65 Å². The Balaban J connectivity index is 1.93.